The number of carbonyl (C=O) groups is 1. The first kappa shape index (κ1) is 21.5. The summed E-state index contributed by atoms with van der Waals surface area (Å²) in [5.41, 5.74) is -0.594. The van der Waals surface area contributed by atoms with Gasteiger partial charge in [-0.1, -0.05) is 46.0 Å². The zero-order valence-corrected chi connectivity index (χ0v) is 16.9. The van der Waals surface area contributed by atoms with Gasteiger partial charge in [0.2, 0.25) is 0 Å². The summed E-state index contributed by atoms with van der Waals surface area (Å²) in [7, 11) is -2.72. The Balaban J connectivity index is 2.85. The molecule has 5 nitrogen and oxygen atoms in total. The van der Waals surface area contributed by atoms with Crippen LogP contribution in [0.3, 0.4) is 0 Å². The zero-order valence-electron chi connectivity index (χ0n) is 16.0. The fraction of sp³-hybridized carbons (Fsp3) is 0.944. The van der Waals surface area contributed by atoms with Gasteiger partial charge in [0.1, 0.15) is 18.6 Å². The smallest absolute Gasteiger partial charge is 0.407 e. The van der Waals surface area contributed by atoms with Crippen LogP contribution in [0.2, 0.25) is 0 Å². The van der Waals surface area contributed by atoms with Crippen LogP contribution < -0.4 is 5.32 Å². The summed E-state index contributed by atoms with van der Waals surface area (Å²) >= 11 is 0. The second-order valence-electron chi connectivity index (χ2n) is 7.99. The number of aliphatic hydroxyl groups is 1. The Morgan fingerprint density at radius 2 is 1.75 bits per heavy atom. The first-order chi connectivity index (χ1) is 11.1. The summed E-state index contributed by atoms with van der Waals surface area (Å²) in [6.07, 6.45) is 6.89. The Hall–Kier alpha value is -0.540. The minimum absolute atomic E-state index is 0.446. The first-order valence-electron chi connectivity index (χ1n) is 9.36. The van der Waals surface area contributed by atoms with Gasteiger partial charge < -0.3 is 19.7 Å². The molecule has 1 fully saturated rings. The molecule has 1 amide bonds. The van der Waals surface area contributed by atoms with E-state index >= 15 is 0 Å². The molecule has 0 aromatic rings. The molecule has 1 aliphatic carbocycles. The maximum absolute atomic E-state index is 13.0. The van der Waals surface area contributed by atoms with Crippen LogP contribution in [0.15, 0.2) is 0 Å². The monoisotopic (exact) mass is 361 g/mol. The minimum atomic E-state index is -2.72. The maximum Gasteiger partial charge on any atom is 0.407 e. The third-order valence-electron chi connectivity index (χ3n) is 4.93. The Kier molecular flexibility index (Phi) is 8.28. The van der Waals surface area contributed by atoms with Gasteiger partial charge in [-0.05, 0) is 33.1 Å². The fourth-order valence-corrected chi connectivity index (χ4v) is 5.47. The van der Waals surface area contributed by atoms with Crippen LogP contribution in [-0.4, -0.2) is 41.0 Å². The normalized spacial score (nSPS) is 19.6. The van der Waals surface area contributed by atoms with Gasteiger partial charge in [0.15, 0.2) is 0 Å². The maximum atomic E-state index is 13.0. The highest BCUT2D eigenvalue weighted by molar-refractivity contribution is 7.64. The van der Waals surface area contributed by atoms with E-state index in [1.807, 2.05) is 34.6 Å². The molecule has 2 atom stereocenters. The lowest BCUT2D eigenvalue weighted by atomic mass is 9.85. The highest BCUT2D eigenvalue weighted by Gasteiger charge is 2.37. The topological polar surface area (TPSA) is 75.6 Å². The van der Waals surface area contributed by atoms with Crippen molar-refractivity contribution in [2.75, 3.05) is 12.3 Å². The number of carbonyl (C=O) groups excluding carboxylic acids is 1. The Morgan fingerprint density at radius 1 is 1.21 bits per heavy atom. The predicted octanol–water partition coefficient (Wildman–Crippen LogP) is 4.57. The van der Waals surface area contributed by atoms with Crippen LogP contribution in [0.5, 0.6) is 0 Å². The average molecular weight is 361 g/mol. The molecule has 0 aromatic carbocycles. The molecule has 142 valence electrons. The van der Waals surface area contributed by atoms with Gasteiger partial charge >= 0.3 is 6.09 Å². The molecule has 0 spiro atoms. The third-order valence-corrected chi connectivity index (χ3v) is 8.39. The van der Waals surface area contributed by atoms with Crippen molar-refractivity contribution < 1.29 is 19.2 Å². The Labute approximate surface area is 147 Å². The van der Waals surface area contributed by atoms with Crippen molar-refractivity contribution in [1.29, 1.82) is 0 Å². The molecule has 1 rings (SSSR count). The second kappa shape index (κ2) is 9.24. The molecule has 24 heavy (non-hydrogen) atoms. The molecule has 1 saturated carbocycles. The van der Waals surface area contributed by atoms with Crippen molar-refractivity contribution >= 4 is 13.2 Å². The van der Waals surface area contributed by atoms with E-state index in [9.17, 15) is 14.5 Å². The molecule has 2 N–H and O–H groups in total. The van der Waals surface area contributed by atoms with Gasteiger partial charge in [-0.2, -0.15) is 0 Å². The lowest BCUT2D eigenvalue weighted by Crippen LogP contribution is -2.46. The summed E-state index contributed by atoms with van der Waals surface area (Å²) < 4.78 is 18.3. The van der Waals surface area contributed by atoms with Gasteiger partial charge in [0, 0.05) is 12.3 Å². The zero-order chi connectivity index (χ0) is 18.4. The molecule has 0 radical (unpaired) electrons. The van der Waals surface area contributed by atoms with E-state index in [4.69, 9.17) is 4.74 Å². The SMILES string of the molecule is CCP(=O)(CC)C(O)[C@H](CC1CCCCC1)NC(=O)OC(C)(C)C. The van der Waals surface area contributed by atoms with E-state index in [-0.39, 0.29) is 0 Å². The van der Waals surface area contributed by atoms with Gasteiger partial charge in [0.25, 0.3) is 0 Å². The number of aliphatic hydroxyl groups excluding tert-OH is 1. The van der Waals surface area contributed by atoms with Crippen LogP contribution in [0.4, 0.5) is 4.79 Å². The lowest BCUT2D eigenvalue weighted by molar-refractivity contribution is 0.0450. The highest BCUT2D eigenvalue weighted by atomic mass is 31.2. The number of rotatable bonds is 7. The number of ether oxygens (including phenoxy) is 1. The molecular formula is C18H36NO4P. The predicted molar refractivity (Wildman–Crippen MR) is 99.0 cm³/mol. The van der Waals surface area contributed by atoms with Crippen molar-refractivity contribution in [1.82, 2.24) is 5.32 Å². The number of hydrogen-bond acceptors (Lipinski definition) is 4. The van der Waals surface area contributed by atoms with Crippen LogP contribution in [0.1, 0.15) is 73.1 Å². The van der Waals surface area contributed by atoms with Crippen LogP contribution in [0, 0.1) is 5.92 Å². The summed E-state index contributed by atoms with van der Waals surface area (Å²) in [6, 6.07) is -0.506. The first-order valence-corrected chi connectivity index (χ1v) is 11.5. The number of hydrogen-bond donors (Lipinski definition) is 2. The molecule has 0 aliphatic heterocycles. The van der Waals surface area contributed by atoms with E-state index < -0.39 is 30.7 Å². The van der Waals surface area contributed by atoms with E-state index in [0.29, 0.717) is 24.7 Å². The fourth-order valence-electron chi connectivity index (χ4n) is 3.42. The van der Waals surface area contributed by atoms with E-state index in [2.05, 4.69) is 5.32 Å². The highest BCUT2D eigenvalue weighted by Crippen LogP contribution is 2.51. The molecule has 0 aromatic heterocycles. The largest absolute Gasteiger partial charge is 0.444 e. The summed E-state index contributed by atoms with van der Waals surface area (Å²) in [5.74, 6) is -0.530. The van der Waals surface area contributed by atoms with Gasteiger partial charge in [-0.3, -0.25) is 0 Å². The van der Waals surface area contributed by atoms with Crippen LogP contribution in [-0.2, 0) is 9.30 Å². The molecule has 0 saturated heterocycles. The van der Waals surface area contributed by atoms with E-state index in [1.165, 1.54) is 19.3 Å². The van der Waals surface area contributed by atoms with Crippen molar-refractivity contribution in [2.45, 2.75) is 90.6 Å². The average Bonchev–Trinajstić information content (AvgIpc) is 2.52. The Bertz CT molecular complexity index is 433. The van der Waals surface area contributed by atoms with E-state index in [1.54, 1.807) is 0 Å². The van der Waals surface area contributed by atoms with Crippen molar-refractivity contribution in [2.24, 2.45) is 5.92 Å². The van der Waals surface area contributed by atoms with Crippen molar-refractivity contribution in [3.8, 4) is 0 Å². The van der Waals surface area contributed by atoms with Crippen LogP contribution in [0.25, 0.3) is 0 Å². The summed E-state index contributed by atoms with van der Waals surface area (Å²) in [6.45, 7) is 9.11. The number of amides is 1. The summed E-state index contributed by atoms with van der Waals surface area (Å²) in [5, 5.41) is 13.6. The number of nitrogens with one attached hydrogen (secondary N) is 1. The molecule has 1 unspecified atom stereocenters. The quantitative estimate of drug-likeness (QED) is 0.651. The molecule has 0 heterocycles. The molecular weight excluding hydrogens is 325 g/mol. The second-order valence-corrected chi connectivity index (χ2v) is 11.7. The van der Waals surface area contributed by atoms with Crippen molar-refractivity contribution in [3.63, 3.8) is 0 Å². The minimum Gasteiger partial charge on any atom is -0.444 e. The van der Waals surface area contributed by atoms with E-state index in [0.717, 1.165) is 12.8 Å². The number of alkyl carbamates (subject to hydrolysis) is 1. The third kappa shape index (κ3) is 6.76. The molecule has 0 bridgehead atoms. The standard InChI is InChI=1S/C18H36NO4P/c1-6-24(22,7-2)16(20)15(13-14-11-9-8-10-12-14)19-17(21)23-18(3,4)5/h14-16,20H,6-13H2,1-5H3,(H,19,21)/t15-,16?/m0/s1. The molecule has 6 heteroatoms. The van der Waals surface area contributed by atoms with Gasteiger partial charge in [0.05, 0.1) is 6.04 Å². The van der Waals surface area contributed by atoms with Gasteiger partial charge in [-0.25, -0.2) is 4.79 Å². The van der Waals surface area contributed by atoms with Crippen LogP contribution >= 0.6 is 7.14 Å². The van der Waals surface area contributed by atoms with Gasteiger partial charge in [-0.15, -0.1) is 0 Å². The Morgan fingerprint density at radius 3 is 2.21 bits per heavy atom. The van der Waals surface area contributed by atoms with Crippen molar-refractivity contribution in [3.05, 3.63) is 0 Å². The summed E-state index contributed by atoms with van der Waals surface area (Å²) in [4.78, 5) is 12.2. The lowest BCUT2D eigenvalue weighted by Gasteiger charge is -2.34. The molecule has 1 aliphatic rings.